The Morgan fingerprint density at radius 1 is 0.903 bits per heavy atom. The maximum absolute atomic E-state index is 13.1. The number of nitrogens with zero attached hydrogens (tertiary/aromatic N) is 1. The highest BCUT2D eigenvalue weighted by Crippen LogP contribution is 2.19. The second kappa shape index (κ2) is 9.43. The van der Waals surface area contributed by atoms with E-state index >= 15 is 0 Å². The predicted octanol–water partition coefficient (Wildman–Crippen LogP) is 4.25. The minimum atomic E-state index is -0.718. The smallest absolute Gasteiger partial charge is 0.339 e. The lowest BCUT2D eigenvalue weighted by molar-refractivity contribution is -0.134. The molecule has 160 valence electrons. The van der Waals surface area contributed by atoms with E-state index in [1.807, 2.05) is 39.0 Å². The Kier molecular flexibility index (Phi) is 6.70. The fraction of sp³-hybridized carbons (Fsp3) is 0.240. The zero-order chi connectivity index (χ0) is 22.5. The molecule has 2 aromatic carbocycles. The van der Waals surface area contributed by atoms with Gasteiger partial charge in [-0.1, -0.05) is 35.9 Å². The third kappa shape index (κ3) is 5.28. The summed E-state index contributed by atoms with van der Waals surface area (Å²) in [6.45, 7) is 5.42. The van der Waals surface area contributed by atoms with Crippen LogP contribution in [0.3, 0.4) is 0 Å². The number of hydrogen-bond donors (Lipinski definition) is 0. The molecule has 31 heavy (non-hydrogen) atoms. The molecule has 1 heterocycles. The molecule has 0 saturated carbocycles. The van der Waals surface area contributed by atoms with Crippen molar-refractivity contribution in [2.45, 2.75) is 27.3 Å². The second-order valence-electron chi connectivity index (χ2n) is 7.53. The number of esters is 1. The molecule has 6 nitrogen and oxygen atoms in total. The number of ketones is 1. The molecule has 6 heteroatoms. The number of hydrogen-bond acceptors (Lipinski definition) is 5. The number of benzene rings is 2. The van der Waals surface area contributed by atoms with Gasteiger partial charge in [-0.2, -0.15) is 0 Å². The van der Waals surface area contributed by atoms with Crippen LogP contribution < -0.4 is 0 Å². The van der Waals surface area contributed by atoms with Gasteiger partial charge in [0.2, 0.25) is 0 Å². The van der Waals surface area contributed by atoms with Gasteiger partial charge >= 0.3 is 5.97 Å². The average molecular weight is 419 g/mol. The van der Waals surface area contributed by atoms with Crippen LogP contribution in [-0.2, 0) is 16.1 Å². The van der Waals surface area contributed by atoms with Gasteiger partial charge in [0.15, 0.2) is 12.4 Å². The Labute approximate surface area is 181 Å². The summed E-state index contributed by atoms with van der Waals surface area (Å²) >= 11 is 0. The van der Waals surface area contributed by atoms with Crippen molar-refractivity contribution in [2.75, 3.05) is 13.7 Å². The summed E-state index contributed by atoms with van der Waals surface area (Å²) in [5.74, 6) is 0.0486. The Balaban J connectivity index is 1.70. The summed E-state index contributed by atoms with van der Waals surface area (Å²) in [6.07, 6.45) is 0. The van der Waals surface area contributed by atoms with Crippen LogP contribution in [0.4, 0.5) is 0 Å². The number of carbonyl (C=O) groups excluding carboxylic acids is 3. The van der Waals surface area contributed by atoms with E-state index < -0.39 is 12.6 Å². The van der Waals surface area contributed by atoms with Crippen molar-refractivity contribution in [1.82, 2.24) is 4.90 Å². The summed E-state index contributed by atoms with van der Waals surface area (Å²) in [5.41, 5.74) is 2.68. The molecule has 0 fully saturated rings. The van der Waals surface area contributed by atoms with E-state index in [2.05, 4.69) is 0 Å². The summed E-state index contributed by atoms with van der Waals surface area (Å²) in [6, 6.07) is 15.7. The van der Waals surface area contributed by atoms with Crippen molar-refractivity contribution < 1.29 is 23.5 Å². The van der Waals surface area contributed by atoms with Gasteiger partial charge in [-0.3, -0.25) is 9.59 Å². The van der Waals surface area contributed by atoms with E-state index in [9.17, 15) is 14.4 Å². The molecule has 0 radical (unpaired) electrons. The van der Waals surface area contributed by atoms with Crippen LogP contribution in [0.5, 0.6) is 0 Å². The number of rotatable bonds is 7. The van der Waals surface area contributed by atoms with Crippen molar-refractivity contribution in [3.8, 4) is 0 Å². The molecule has 0 aliphatic rings. The molecule has 0 spiro atoms. The second-order valence-corrected chi connectivity index (χ2v) is 7.53. The molecule has 3 rings (SSSR count). The first-order valence-electron chi connectivity index (χ1n) is 9.93. The van der Waals surface area contributed by atoms with E-state index in [1.54, 1.807) is 37.4 Å². The molecule has 0 saturated heterocycles. The van der Waals surface area contributed by atoms with E-state index in [0.29, 0.717) is 11.3 Å². The highest BCUT2D eigenvalue weighted by Gasteiger charge is 2.22. The molecule has 0 aliphatic carbocycles. The van der Waals surface area contributed by atoms with Crippen molar-refractivity contribution in [3.63, 3.8) is 0 Å². The largest absolute Gasteiger partial charge is 0.464 e. The Bertz CT molecular complexity index is 1130. The molecule has 1 aromatic heterocycles. The first kappa shape index (κ1) is 22.0. The zero-order valence-electron chi connectivity index (χ0n) is 18.1. The van der Waals surface area contributed by atoms with Crippen molar-refractivity contribution in [2.24, 2.45) is 0 Å². The molecular formula is C25H25NO5. The van der Waals surface area contributed by atoms with Crippen LogP contribution in [0.15, 0.2) is 59.0 Å². The van der Waals surface area contributed by atoms with Crippen LogP contribution in [-0.4, -0.2) is 36.2 Å². The monoisotopic (exact) mass is 419 g/mol. The molecule has 3 aromatic rings. The minimum Gasteiger partial charge on any atom is -0.464 e. The number of furan rings is 1. The fourth-order valence-electron chi connectivity index (χ4n) is 3.19. The minimum absolute atomic E-state index is 0.130. The first-order valence-corrected chi connectivity index (χ1v) is 9.93. The van der Waals surface area contributed by atoms with Gasteiger partial charge in [0, 0.05) is 18.2 Å². The lowest BCUT2D eigenvalue weighted by Crippen LogP contribution is -2.31. The van der Waals surface area contributed by atoms with Crippen LogP contribution in [0.1, 0.15) is 48.9 Å². The van der Waals surface area contributed by atoms with Crippen LogP contribution in [0.2, 0.25) is 0 Å². The number of likely N-dealkylation sites (N-methyl/N-ethyl adjacent to an activating group) is 1. The number of ether oxygens (including phenoxy) is 1. The maximum Gasteiger partial charge on any atom is 0.339 e. The van der Waals surface area contributed by atoms with Gasteiger partial charge in [0.1, 0.15) is 11.5 Å². The molecule has 0 atom stereocenters. The van der Waals surface area contributed by atoms with Crippen LogP contribution >= 0.6 is 0 Å². The Morgan fingerprint density at radius 2 is 1.61 bits per heavy atom. The third-order valence-electron chi connectivity index (χ3n) is 4.97. The van der Waals surface area contributed by atoms with Gasteiger partial charge < -0.3 is 14.1 Å². The first-order chi connectivity index (χ1) is 14.8. The number of aryl methyl sites for hydroxylation is 3. The van der Waals surface area contributed by atoms with Crippen molar-refractivity contribution in [3.05, 3.63) is 93.9 Å². The Morgan fingerprint density at radius 3 is 2.29 bits per heavy atom. The average Bonchev–Trinajstić information content (AvgIpc) is 3.17. The highest BCUT2D eigenvalue weighted by molar-refractivity contribution is 6.15. The van der Waals surface area contributed by atoms with E-state index in [-0.39, 0.29) is 29.4 Å². The van der Waals surface area contributed by atoms with Gasteiger partial charge in [0.25, 0.3) is 5.91 Å². The summed E-state index contributed by atoms with van der Waals surface area (Å²) in [7, 11) is 1.60. The van der Waals surface area contributed by atoms with E-state index in [4.69, 9.17) is 9.15 Å². The summed E-state index contributed by atoms with van der Waals surface area (Å²) < 4.78 is 10.7. The van der Waals surface area contributed by atoms with E-state index in [1.165, 1.54) is 11.0 Å². The lowest BCUT2D eigenvalue weighted by atomic mass is 9.94. The summed E-state index contributed by atoms with van der Waals surface area (Å²) in [4.78, 5) is 39.5. The zero-order valence-corrected chi connectivity index (χ0v) is 18.1. The predicted molar refractivity (Wildman–Crippen MR) is 116 cm³/mol. The molecule has 0 unspecified atom stereocenters. The molecule has 0 N–H and O–H groups in total. The number of carbonyl (C=O) groups is 3. The highest BCUT2D eigenvalue weighted by atomic mass is 16.5. The van der Waals surface area contributed by atoms with Crippen LogP contribution in [0, 0.1) is 20.8 Å². The van der Waals surface area contributed by atoms with Crippen molar-refractivity contribution >= 4 is 17.7 Å². The standard InChI is InChI=1S/C25H25NO5/c1-16-9-10-17(2)22(13-16)24(28)20-7-5-6-8-21(20)25(29)30-15-23(27)26(4)14-19-12-11-18(3)31-19/h5-13H,14-15H2,1-4H3. The normalized spacial score (nSPS) is 10.6. The number of amides is 1. The summed E-state index contributed by atoms with van der Waals surface area (Å²) in [5, 5.41) is 0. The maximum atomic E-state index is 13.1. The molecular weight excluding hydrogens is 394 g/mol. The van der Waals surface area contributed by atoms with Gasteiger partial charge in [-0.05, 0) is 50.6 Å². The van der Waals surface area contributed by atoms with Gasteiger partial charge in [0.05, 0.1) is 12.1 Å². The van der Waals surface area contributed by atoms with Crippen LogP contribution in [0.25, 0.3) is 0 Å². The quantitative estimate of drug-likeness (QED) is 0.423. The van der Waals surface area contributed by atoms with Gasteiger partial charge in [-0.25, -0.2) is 4.79 Å². The van der Waals surface area contributed by atoms with Crippen molar-refractivity contribution in [1.29, 1.82) is 0 Å². The molecule has 0 bridgehead atoms. The Hall–Kier alpha value is -3.67. The fourth-order valence-corrected chi connectivity index (χ4v) is 3.19. The van der Waals surface area contributed by atoms with Gasteiger partial charge in [-0.15, -0.1) is 0 Å². The molecule has 1 amide bonds. The lowest BCUT2D eigenvalue weighted by Gasteiger charge is -2.16. The molecule has 0 aliphatic heterocycles. The topological polar surface area (TPSA) is 76.8 Å². The van der Waals surface area contributed by atoms with E-state index in [0.717, 1.165) is 16.9 Å². The SMILES string of the molecule is Cc1ccc(C)c(C(=O)c2ccccc2C(=O)OCC(=O)N(C)Cc2ccc(C)o2)c1. The third-order valence-corrected chi connectivity index (χ3v) is 4.97.